The molecule has 10 nitrogen and oxygen atoms in total. The van der Waals surface area contributed by atoms with Crippen LogP contribution in [-0.2, 0) is 17.6 Å². The molecule has 0 spiro atoms. The Kier molecular flexibility index (Phi) is 8.88. The molecule has 40 heavy (non-hydrogen) atoms. The van der Waals surface area contributed by atoms with E-state index in [4.69, 9.17) is 14.2 Å². The van der Waals surface area contributed by atoms with Crippen molar-refractivity contribution in [3.8, 4) is 11.5 Å². The first kappa shape index (κ1) is 29.1. The van der Waals surface area contributed by atoms with Crippen molar-refractivity contribution in [2.24, 2.45) is 0 Å². The molecule has 2 aromatic carbocycles. The average Bonchev–Trinajstić information content (AvgIpc) is 2.95. The number of hydrogen-bond donors (Lipinski definition) is 6. The Hall–Kier alpha value is -2.42. The molecule has 0 aliphatic carbocycles. The Balaban J connectivity index is 1.33. The number of hydrogen-bond acceptors (Lipinski definition) is 10. The van der Waals surface area contributed by atoms with E-state index >= 15 is 0 Å². The summed E-state index contributed by atoms with van der Waals surface area (Å²) < 4.78 is 44.8. The number of aliphatic hydroxyl groups excluding tert-OH is 6. The first-order valence-corrected chi connectivity index (χ1v) is 13.5. The Labute approximate surface area is 230 Å². The van der Waals surface area contributed by atoms with Gasteiger partial charge in [0.1, 0.15) is 78.2 Å². The van der Waals surface area contributed by atoms with Gasteiger partial charge in [0.05, 0.1) is 6.61 Å². The predicted molar refractivity (Wildman–Crippen MR) is 136 cm³/mol. The van der Waals surface area contributed by atoms with Crippen LogP contribution in [0.4, 0.5) is 8.78 Å². The highest BCUT2D eigenvalue weighted by atomic mass is 19.1. The number of fused-ring (bicyclic) bond motifs is 2. The molecule has 220 valence electrons. The highest BCUT2D eigenvalue weighted by Gasteiger charge is 2.47. The highest BCUT2D eigenvalue weighted by molar-refractivity contribution is 5.37. The number of aliphatic hydroxyl groups is 6. The second-order valence-corrected chi connectivity index (χ2v) is 10.7. The zero-order chi connectivity index (χ0) is 28.6. The molecular formula is C28H35F2NO9. The lowest BCUT2D eigenvalue weighted by molar-refractivity contribution is -0.271. The number of halogens is 2. The number of benzene rings is 2. The lowest BCUT2D eigenvalue weighted by atomic mass is 9.95. The summed E-state index contributed by atoms with van der Waals surface area (Å²) >= 11 is 0. The molecule has 1 unspecified atom stereocenters. The maximum Gasteiger partial charge on any atom is 0.140 e. The molecule has 0 amide bonds. The number of rotatable bonds is 8. The summed E-state index contributed by atoms with van der Waals surface area (Å²) in [6.07, 6.45) is -9.41. The second-order valence-electron chi connectivity index (χ2n) is 10.7. The summed E-state index contributed by atoms with van der Waals surface area (Å²) in [5.41, 5.74) is 1.36. The minimum atomic E-state index is -1.66. The van der Waals surface area contributed by atoms with E-state index in [0.29, 0.717) is 48.3 Å². The average molecular weight is 568 g/mol. The van der Waals surface area contributed by atoms with Crippen LogP contribution in [0.1, 0.15) is 24.0 Å². The monoisotopic (exact) mass is 567 g/mol. The van der Waals surface area contributed by atoms with Gasteiger partial charge in [-0.25, -0.2) is 8.78 Å². The first-order valence-electron chi connectivity index (χ1n) is 13.5. The van der Waals surface area contributed by atoms with Crippen LogP contribution in [0.5, 0.6) is 11.5 Å². The van der Waals surface area contributed by atoms with Gasteiger partial charge in [0.25, 0.3) is 0 Å². The standard InChI is InChI=1S/C28H35F2NO9/c29-16-3-7-20-14(9-16)1-5-22(38-20)18(33)11-31(28-27(37)26(36)25(35)24(13-32)40-28)12-19(34)23-6-2-15-10-17(30)4-8-21(15)39-23/h3-4,7-10,18-19,22-28,32-37H,1-2,5-6,11-13H2/t18-,19-,22-,23+,24+,25+,26-,27+,28?/m0/s1. The van der Waals surface area contributed by atoms with E-state index in [1.54, 1.807) is 0 Å². The van der Waals surface area contributed by atoms with E-state index in [9.17, 15) is 39.4 Å². The molecule has 1 fully saturated rings. The van der Waals surface area contributed by atoms with Crippen molar-refractivity contribution < 1.29 is 53.6 Å². The zero-order valence-corrected chi connectivity index (χ0v) is 21.7. The largest absolute Gasteiger partial charge is 0.487 e. The van der Waals surface area contributed by atoms with Crippen molar-refractivity contribution in [2.75, 3.05) is 19.7 Å². The second kappa shape index (κ2) is 12.2. The zero-order valence-electron chi connectivity index (χ0n) is 21.7. The van der Waals surface area contributed by atoms with E-state index in [1.165, 1.54) is 41.3 Å². The molecule has 3 aliphatic heterocycles. The van der Waals surface area contributed by atoms with E-state index in [1.807, 2.05) is 0 Å². The van der Waals surface area contributed by atoms with Crippen molar-refractivity contribution >= 4 is 0 Å². The molecular weight excluding hydrogens is 532 g/mol. The Morgan fingerprint density at radius 1 is 0.775 bits per heavy atom. The summed E-state index contributed by atoms with van der Waals surface area (Å²) in [6, 6.07) is 8.28. The van der Waals surface area contributed by atoms with Gasteiger partial charge in [-0.2, -0.15) is 0 Å². The molecule has 12 heteroatoms. The Morgan fingerprint density at radius 3 is 1.75 bits per heavy atom. The summed E-state index contributed by atoms with van der Waals surface area (Å²) in [7, 11) is 0. The van der Waals surface area contributed by atoms with Gasteiger partial charge in [-0.1, -0.05) is 0 Å². The van der Waals surface area contributed by atoms with Gasteiger partial charge in [0.2, 0.25) is 0 Å². The number of nitrogens with zero attached hydrogens (tertiary/aromatic N) is 1. The maximum atomic E-state index is 13.6. The predicted octanol–water partition coefficient (Wildman–Crippen LogP) is -0.124. The molecule has 5 rings (SSSR count). The van der Waals surface area contributed by atoms with E-state index in [-0.39, 0.29) is 24.7 Å². The van der Waals surface area contributed by atoms with E-state index < -0.39 is 61.7 Å². The number of ether oxygens (including phenoxy) is 3. The molecule has 3 aliphatic rings. The normalized spacial score (nSPS) is 31.5. The first-order chi connectivity index (χ1) is 19.1. The maximum absolute atomic E-state index is 13.6. The van der Waals surface area contributed by atoms with Crippen LogP contribution in [-0.4, -0.2) is 110 Å². The van der Waals surface area contributed by atoms with Gasteiger partial charge >= 0.3 is 0 Å². The van der Waals surface area contributed by atoms with E-state index in [0.717, 1.165) is 0 Å². The molecule has 0 saturated carbocycles. The molecule has 0 radical (unpaired) electrons. The van der Waals surface area contributed by atoms with Gasteiger partial charge in [-0.05, 0) is 73.2 Å². The van der Waals surface area contributed by atoms with Gasteiger partial charge < -0.3 is 44.8 Å². The molecule has 3 heterocycles. The topological polar surface area (TPSA) is 152 Å². The minimum Gasteiger partial charge on any atom is -0.487 e. The smallest absolute Gasteiger partial charge is 0.140 e. The third-order valence-corrected chi connectivity index (χ3v) is 7.93. The molecule has 0 bridgehead atoms. The molecule has 9 atom stereocenters. The Bertz CT molecular complexity index is 1100. The third kappa shape index (κ3) is 6.09. The van der Waals surface area contributed by atoms with Crippen LogP contribution in [0, 0.1) is 11.6 Å². The molecule has 1 saturated heterocycles. The van der Waals surface area contributed by atoms with Gasteiger partial charge in [0.15, 0.2) is 0 Å². The summed E-state index contributed by atoms with van der Waals surface area (Å²) in [6.45, 7) is -1.01. The fraction of sp³-hybridized carbons (Fsp3) is 0.571. The summed E-state index contributed by atoms with van der Waals surface area (Å²) in [4.78, 5) is 1.42. The summed E-state index contributed by atoms with van der Waals surface area (Å²) in [5, 5.41) is 63.5. The van der Waals surface area contributed by atoms with Crippen LogP contribution in [0.2, 0.25) is 0 Å². The molecule has 0 aromatic heterocycles. The van der Waals surface area contributed by atoms with Gasteiger partial charge in [-0.15, -0.1) is 0 Å². The van der Waals surface area contributed by atoms with Gasteiger partial charge in [0, 0.05) is 13.1 Å². The fourth-order valence-corrected chi connectivity index (χ4v) is 5.68. The third-order valence-electron chi connectivity index (χ3n) is 7.93. The van der Waals surface area contributed by atoms with E-state index in [2.05, 4.69) is 0 Å². The Morgan fingerprint density at radius 2 is 1.27 bits per heavy atom. The number of aryl methyl sites for hydroxylation is 2. The minimum absolute atomic E-state index is 0.185. The van der Waals surface area contributed by atoms with Crippen molar-refractivity contribution in [3.63, 3.8) is 0 Å². The SMILES string of the molecule is OC[C@H]1OC(N(C[C@H](O)[C@@H]2CCc3cc(F)ccc3O2)C[C@H](O)[C@H]2CCc3cc(F)ccc3O2)[C@H](O)[C@@H](O)[C@@H]1O. The lowest BCUT2D eigenvalue weighted by Crippen LogP contribution is -2.65. The molecule has 2 aromatic rings. The van der Waals surface area contributed by atoms with Crippen LogP contribution in [0.25, 0.3) is 0 Å². The summed E-state index contributed by atoms with van der Waals surface area (Å²) in [5.74, 6) is 0.118. The van der Waals surface area contributed by atoms with Gasteiger partial charge in [-0.3, -0.25) is 4.90 Å². The molecule has 6 N–H and O–H groups in total. The van der Waals surface area contributed by atoms with Crippen molar-refractivity contribution in [1.29, 1.82) is 0 Å². The van der Waals surface area contributed by atoms with Crippen LogP contribution in [0.3, 0.4) is 0 Å². The van der Waals surface area contributed by atoms with Crippen molar-refractivity contribution in [1.82, 2.24) is 4.90 Å². The van der Waals surface area contributed by atoms with Crippen molar-refractivity contribution in [2.45, 2.75) is 80.7 Å². The van der Waals surface area contributed by atoms with Crippen LogP contribution < -0.4 is 9.47 Å². The highest BCUT2D eigenvalue weighted by Crippen LogP contribution is 2.32. The lowest BCUT2D eigenvalue weighted by Gasteiger charge is -2.46. The fourth-order valence-electron chi connectivity index (χ4n) is 5.68. The van der Waals surface area contributed by atoms with Crippen molar-refractivity contribution in [3.05, 3.63) is 59.2 Å². The quantitative estimate of drug-likeness (QED) is 0.255. The van der Waals surface area contributed by atoms with Crippen LogP contribution in [0.15, 0.2) is 36.4 Å². The van der Waals surface area contributed by atoms with Crippen LogP contribution >= 0.6 is 0 Å².